The molecule has 1 aliphatic rings. The molecule has 1 rings (SSSR count). The van der Waals surface area contributed by atoms with Crippen LogP contribution in [0.5, 0.6) is 0 Å². The number of rotatable bonds is 5. The van der Waals surface area contributed by atoms with E-state index in [1.54, 1.807) is 0 Å². The summed E-state index contributed by atoms with van der Waals surface area (Å²) >= 11 is 0. The summed E-state index contributed by atoms with van der Waals surface area (Å²) in [5.74, 6) is 1.24. The van der Waals surface area contributed by atoms with E-state index < -0.39 is 5.54 Å². The fourth-order valence-electron chi connectivity index (χ4n) is 2.14. The first-order valence-corrected chi connectivity index (χ1v) is 6.61. The van der Waals surface area contributed by atoms with Gasteiger partial charge in [-0.2, -0.15) is 0 Å². The Morgan fingerprint density at radius 2 is 1.94 bits per heavy atom. The lowest BCUT2D eigenvalue weighted by molar-refractivity contribution is -0.124. The highest BCUT2D eigenvalue weighted by molar-refractivity contribution is 6.09. The molecule has 98 valence electrons. The number of guanidine groups is 1. The normalized spacial score (nSPS) is 28.4. The Labute approximate surface area is 104 Å². The summed E-state index contributed by atoms with van der Waals surface area (Å²) in [6.45, 7) is 10.4. The fourth-order valence-corrected chi connectivity index (χ4v) is 2.14. The number of carbonyl (C=O) groups excluding carboxylic acids is 1. The van der Waals surface area contributed by atoms with Gasteiger partial charge in [0.2, 0.25) is 0 Å². The van der Waals surface area contributed by atoms with Crippen LogP contribution in [-0.4, -0.2) is 23.4 Å². The number of amides is 1. The maximum absolute atomic E-state index is 12.1. The van der Waals surface area contributed by atoms with Crippen molar-refractivity contribution in [2.45, 2.75) is 65.5 Å². The topological polar surface area (TPSA) is 53.5 Å². The molecule has 0 bridgehead atoms. The molecular weight excluding hydrogens is 214 g/mol. The van der Waals surface area contributed by atoms with Crippen molar-refractivity contribution in [2.75, 3.05) is 0 Å². The predicted molar refractivity (Wildman–Crippen MR) is 70.9 cm³/mol. The van der Waals surface area contributed by atoms with Gasteiger partial charge < -0.3 is 5.32 Å². The smallest absolute Gasteiger partial charge is 0.252 e. The number of carbonyl (C=O) groups is 1. The molecule has 1 fully saturated rings. The summed E-state index contributed by atoms with van der Waals surface area (Å²) in [5.41, 5.74) is -0.455. The van der Waals surface area contributed by atoms with Crippen LogP contribution in [0.2, 0.25) is 0 Å². The predicted octanol–water partition coefficient (Wildman–Crippen LogP) is 2.06. The van der Waals surface area contributed by atoms with Crippen molar-refractivity contribution in [3.63, 3.8) is 0 Å². The van der Waals surface area contributed by atoms with Gasteiger partial charge in [0, 0.05) is 6.04 Å². The second-order valence-electron chi connectivity index (χ2n) is 5.30. The molecule has 2 unspecified atom stereocenters. The summed E-state index contributed by atoms with van der Waals surface area (Å²) in [7, 11) is 0. The second-order valence-corrected chi connectivity index (χ2v) is 5.30. The van der Waals surface area contributed by atoms with Gasteiger partial charge in [0.25, 0.3) is 5.91 Å². The highest BCUT2D eigenvalue weighted by Crippen LogP contribution is 2.25. The van der Waals surface area contributed by atoms with E-state index in [1.807, 2.05) is 20.8 Å². The van der Waals surface area contributed by atoms with E-state index in [9.17, 15) is 4.79 Å². The highest BCUT2D eigenvalue weighted by atomic mass is 16.2. The van der Waals surface area contributed by atoms with Crippen LogP contribution in [-0.2, 0) is 4.79 Å². The maximum Gasteiger partial charge on any atom is 0.252 e. The van der Waals surface area contributed by atoms with Crippen LogP contribution in [0, 0.1) is 5.92 Å². The van der Waals surface area contributed by atoms with Gasteiger partial charge in [-0.05, 0) is 32.6 Å². The number of nitrogens with zero attached hydrogens (tertiary/aromatic N) is 1. The lowest BCUT2D eigenvalue weighted by atomic mass is 9.85. The molecule has 0 aromatic carbocycles. The quantitative estimate of drug-likeness (QED) is 0.771. The zero-order valence-corrected chi connectivity index (χ0v) is 11.6. The van der Waals surface area contributed by atoms with E-state index in [0.29, 0.717) is 11.9 Å². The van der Waals surface area contributed by atoms with Crippen molar-refractivity contribution in [3.8, 4) is 0 Å². The van der Waals surface area contributed by atoms with Crippen LogP contribution in [0.4, 0.5) is 0 Å². The van der Waals surface area contributed by atoms with E-state index in [4.69, 9.17) is 0 Å². The molecule has 0 radical (unpaired) electrons. The molecular formula is C13H25N3O. The van der Waals surface area contributed by atoms with Crippen LogP contribution in [0.3, 0.4) is 0 Å². The van der Waals surface area contributed by atoms with E-state index in [2.05, 4.69) is 29.5 Å². The van der Waals surface area contributed by atoms with Crippen LogP contribution < -0.4 is 10.6 Å². The van der Waals surface area contributed by atoms with Gasteiger partial charge in [-0.25, -0.2) is 0 Å². The fraction of sp³-hybridized carbons (Fsp3) is 0.846. The van der Waals surface area contributed by atoms with Crippen molar-refractivity contribution in [3.05, 3.63) is 0 Å². The molecule has 2 atom stereocenters. The van der Waals surface area contributed by atoms with E-state index in [0.717, 1.165) is 19.3 Å². The van der Waals surface area contributed by atoms with Crippen molar-refractivity contribution in [1.29, 1.82) is 0 Å². The number of nitrogens with one attached hydrogen (secondary N) is 2. The van der Waals surface area contributed by atoms with Crippen molar-refractivity contribution in [2.24, 2.45) is 10.9 Å². The molecule has 0 aromatic heterocycles. The van der Waals surface area contributed by atoms with E-state index >= 15 is 0 Å². The highest BCUT2D eigenvalue weighted by Gasteiger charge is 2.44. The zero-order chi connectivity index (χ0) is 13.1. The van der Waals surface area contributed by atoms with Crippen LogP contribution in [0.15, 0.2) is 4.99 Å². The first-order valence-electron chi connectivity index (χ1n) is 6.61. The van der Waals surface area contributed by atoms with Crippen molar-refractivity contribution < 1.29 is 4.79 Å². The third-order valence-corrected chi connectivity index (χ3v) is 3.41. The molecule has 0 aromatic rings. The second kappa shape index (κ2) is 5.52. The molecule has 0 spiro atoms. The van der Waals surface area contributed by atoms with Gasteiger partial charge in [-0.1, -0.05) is 27.2 Å². The number of hydrogen-bond donors (Lipinski definition) is 2. The standard InChI is InChI=1S/C13H25N3O/c1-6-10(5)8-13(7-2)11(17)15-12(16-13)14-9(3)4/h9-10H,6-8H2,1-5H3,(H2,14,15,16,17). The number of hydrogen-bond acceptors (Lipinski definition) is 2. The Hall–Kier alpha value is -1.06. The summed E-state index contributed by atoms with van der Waals surface area (Å²) in [6, 6.07) is 0.189. The SMILES string of the molecule is CCC(C)CC1(CC)NC(=NC(C)C)NC1=O. The molecule has 4 nitrogen and oxygen atoms in total. The van der Waals surface area contributed by atoms with Crippen LogP contribution in [0.1, 0.15) is 53.9 Å². The molecule has 4 heteroatoms. The van der Waals surface area contributed by atoms with Crippen molar-refractivity contribution >= 4 is 11.9 Å². The van der Waals surface area contributed by atoms with Crippen LogP contribution >= 0.6 is 0 Å². The molecule has 1 heterocycles. The average Bonchev–Trinajstić information content (AvgIpc) is 2.54. The Balaban J connectivity index is 2.83. The Morgan fingerprint density at radius 3 is 2.41 bits per heavy atom. The third kappa shape index (κ3) is 3.20. The van der Waals surface area contributed by atoms with Crippen LogP contribution in [0.25, 0.3) is 0 Å². The Kier molecular flexibility index (Phi) is 4.54. The lowest BCUT2D eigenvalue weighted by Crippen LogP contribution is -2.47. The van der Waals surface area contributed by atoms with Gasteiger partial charge in [0.05, 0.1) is 0 Å². The first-order chi connectivity index (χ1) is 7.93. The molecule has 1 amide bonds. The third-order valence-electron chi connectivity index (χ3n) is 3.41. The monoisotopic (exact) mass is 239 g/mol. The van der Waals surface area contributed by atoms with Gasteiger partial charge >= 0.3 is 0 Å². The zero-order valence-electron chi connectivity index (χ0n) is 11.6. The van der Waals surface area contributed by atoms with Gasteiger partial charge in [0.1, 0.15) is 5.54 Å². The minimum absolute atomic E-state index is 0.0692. The van der Waals surface area contributed by atoms with Gasteiger partial charge in [-0.3, -0.25) is 15.1 Å². The summed E-state index contributed by atoms with van der Waals surface area (Å²) in [4.78, 5) is 16.5. The summed E-state index contributed by atoms with van der Waals surface area (Å²) < 4.78 is 0. The van der Waals surface area contributed by atoms with E-state index in [-0.39, 0.29) is 11.9 Å². The Bertz CT molecular complexity index is 312. The molecule has 0 aliphatic carbocycles. The van der Waals surface area contributed by atoms with Gasteiger partial charge in [-0.15, -0.1) is 0 Å². The van der Waals surface area contributed by atoms with Gasteiger partial charge in [0.15, 0.2) is 5.96 Å². The summed E-state index contributed by atoms with van der Waals surface area (Å²) in [5, 5.41) is 6.15. The molecule has 1 aliphatic heterocycles. The Morgan fingerprint density at radius 1 is 1.29 bits per heavy atom. The number of aliphatic imine (C=N–C) groups is 1. The minimum Gasteiger partial charge on any atom is -0.342 e. The molecule has 0 saturated carbocycles. The maximum atomic E-state index is 12.1. The largest absolute Gasteiger partial charge is 0.342 e. The molecule has 2 N–H and O–H groups in total. The van der Waals surface area contributed by atoms with Crippen molar-refractivity contribution in [1.82, 2.24) is 10.6 Å². The summed E-state index contributed by atoms with van der Waals surface area (Å²) in [6.07, 6.45) is 2.75. The molecule has 17 heavy (non-hydrogen) atoms. The minimum atomic E-state index is -0.455. The first kappa shape index (κ1) is 14.0. The average molecular weight is 239 g/mol. The lowest BCUT2D eigenvalue weighted by Gasteiger charge is -2.27. The van der Waals surface area contributed by atoms with E-state index in [1.165, 1.54) is 0 Å². The molecule has 1 saturated heterocycles.